The van der Waals surface area contributed by atoms with Gasteiger partial charge in [-0.05, 0) is 26.7 Å². The molecule has 0 aromatic carbocycles. The summed E-state index contributed by atoms with van der Waals surface area (Å²) in [5.74, 6) is 0.660. The molecule has 1 N–H and O–H groups in total. The molecular weight excluding hydrogens is 182 g/mol. The molecule has 1 fully saturated rings. The minimum absolute atomic E-state index is 0.404. The van der Waals surface area contributed by atoms with Gasteiger partial charge < -0.3 is 14.6 Å². The zero-order valence-corrected chi connectivity index (χ0v) is 8.49. The molecular formula is C9H15N3O2. The largest absolute Gasteiger partial charge is 0.378 e. The Morgan fingerprint density at radius 1 is 1.57 bits per heavy atom. The van der Waals surface area contributed by atoms with E-state index in [1.54, 1.807) is 6.92 Å². The summed E-state index contributed by atoms with van der Waals surface area (Å²) < 4.78 is 10.4. The van der Waals surface area contributed by atoms with Crippen molar-refractivity contribution in [3.63, 3.8) is 0 Å². The fourth-order valence-corrected chi connectivity index (χ4v) is 1.59. The molecule has 5 nitrogen and oxygen atoms in total. The third-order valence-electron chi connectivity index (χ3n) is 2.35. The van der Waals surface area contributed by atoms with Crippen molar-refractivity contribution in [3.8, 4) is 0 Å². The van der Waals surface area contributed by atoms with Crippen molar-refractivity contribution in [2.45, 2.75) is 38.8 Å². The summed E-state index contributed by atoms with van der Waals surface area (Å²) in [4.78, 5) is 4.07. The van der Waals surface area contributed by atoms with Crippen molar-refractivity contribution in [3.05, 3.63) is 5.82 Å². The zero-order valence-electron chi connectivity index (χ0n) is 8.49. The van der Waals surface area contributed by atoms with Crippen molar-refractivity contribution >= 4 is 6.01 Å². The Morgan fingerprint density at radius 2 is 2.36 bits per heavy atom. The summed E-state index contributed by atoms with van der Waals surface area (Å²) in [6.45, 7) is 4.61. The van der Waals surface area contributed by atoms with Crippen LogP contribution in [0.2, 0.25) is 0 Å². The number of nitrogens with zero attached hydrogens (tertiary/aromatic N) is 2. The highest BCUT2D eigenvalue weighted by molar-refractivity contribution is 5.22. The molecule has 2 rings (SSSR count). The average molecular weight is 197 g/mol. The molecule has 0 saturated heterocycles. The van der Waals surface area contributed by atoms with Gasteiger partial charge in [-0.1, -0.05) is 5.16 Å². The van der Waals surface area contributed by atoms with Crippen LogP contribution in [0.1, 0.15) is 25.6 Å². The van der Waals surface area contributed by atoms with Crippen LogP contribution in [0.5, 0.6) is 0 Å². The standard InChI is InChI=1S/C9H15N3O2/c1-3-13-8-4-7(5-8)11-9-10-6(2)12-14-9/h7-8H,3-5H2,1-2H3,(H,10,11,12). The van der Waals surface area contributed by atoms with E-state index in [1.807, 2.05) is 6.92 Å². The van der Waals surface area contributed by atoms with Gasteiger partial charge in [-0.2, -0.15) is 4.98 Å². The third-order valence-corrected chi connectivity index (χ3v) is 2.35. The second-order valence-corrected chi connectivity index (χ2v) is 3.54. The van der Waals surface area contributed by atoms with Crippen LogP contribution in [-0.4, -0.2) is 28.9 Å². The van der Waals surface area contributed by atoms with Crippen molar-refractivity contribution in [2.24, 2.45) is 0 Å². The first kappa shape index (κ1) is 9.45. The second-order valence-electron chi connectivity index (χ2n) is 3.54. The van der Waals surface area contributed by atoms with E-state index < -0.39 is 0 Å². The molecule has 0 bridgehead atoms. The maximum Gasteiger partial charge on any atom is 0.321 e. The van der Waals surface area contributed by atoms with E-state index in [-0.39, 0.29) is 0 Å². The summed E-state index contributed by atoms with van der Waals surface area (Å²) in [5, 5.41) is 6.87. The lowest BCUT2D eigenvalue weighted by atomic mass is 9.89. The molecule has 1 aromatic heterocycles. The van der Waals surface area contributed by atoms with E-state index in [0.717, 1.165) is 19.4 Å². The fraction of sp³-hybridized carbons (Fsp3) is 0.778. The first-order valence-electron chi connectivity index (χ1n) is 4.96. The lowest BCUT2D eigenvalue weighted by molar-refractivity contribution is 0.00248. The fourth-order valence-electron chi connectivity index (χ4n) is 1.59. The number of aryl methyl sites for hydroxylation is 1. The third kappa shape index (κ3) is 2.04. The molecule has 0 spiro atoms. The highest BCUT2D eigenvalue weighted by Gasteiger charge is 2.30. The number of ether oxygens (including phenoxy) is 1. The average Bonchev–Trinajstić information content (AvgIpc) is 2.48. The molecule has 0 amide bonds. The Labute approximate surface area is 82.8 Å². The van der Waals surface area contributed by atoms with Crippen LogP contribution >= 0.6 is 0 Å². The molecule has 1 aromatic rings. The second kappa shape index (κ2) is 3.96. The normalized spacial score (nSPS) is 25.9. The smallest absolute Gasteiger partial charge is 0.321 e. The zero-order chi connectivity index (χ0) is 9.97. The van der Waals surface area contributed by atoms with Gasteiger partial charge in [0.15, 0.2) is 5.82 Å². The summed E-state index contributed by atoms with van der Waals surface area (Å²) in [6.07, 6.45) is 2.45. The van der Waals surface area contributed by atoms with Crippen molar-refractivity contribution in [2.75, 3.05) is 11.9 Å². The van der Waals surface area contributed by atoms with Gasteiger partial charge in [-0.3, -0.25) is 0 Å². The lowest BCUT2D eigenvalue weighted by Gasteiger charge is -2.34. The molecule has 1 aliphatic rings. The molecule has 0 aliphatic heterocycles. The Morgan fingerprint density at radius 3 is 2.93 bits per heavy atom. The maximum atomic E-state index is 5.44. The first-order valence-corrected chi connectivity index (χ1v) is 4.96. The molecule has 0 atom stereocenters. The quantitative estimate of drug-likeness (QED) is 0.789. The summed E-state index contributed by atoms with van der Waals surface area (Å²) in [7, 11) is 0. The van der Waals surface area contributed by atoms with E-state index >= 15 is 0 Å². The molecule has 78 valence electrons. The molecule has 14 heavy (non-hydrogen) atoms. The van der Waals surface area contributed by atoms with Gasteiger partial charge in [-0.25, -0.2) is 0 Å². The SMILES string of the molecule is CCOC1CC(Nc2nc(C)no2)C1. The van der Waals surface area contributed by atoms with Crippen LogP contribution in [0.4, 0.5) is 6.01 Å². The Kier molecular flexibility index (Phi) is 2.67. The number of nitrogens with one attached hydrogen (secondary N) is 1. The summed E-state index contributed by atoms with van der Waals surface area (Å²) >= 11 is 0. The number of hydrogen-bond donors (Lipinski definition) is 1. The van der Waals surface area contributed by atoms with Gasteiger partial charge in [0.05, 0.1) is 6.10 Å². The molecule has 1 heterocycles. The summed E-state index contributed by atoms with van der Waals surface area (Å²) in [5.41, 5.74) is 0. The van der Waals surface area contributed by atoms with Gasteiger partial charge in [0.1, 0.15) is 0 Å². The molecule has 1 aliphatic carbocycles. The number of anilines is 1. The Bertz CT molecular complexity index is 294. The van der Waals surface area contributed by atoms with Crippen LogP contribution in [0.25, 0.3) is 0 Å². The van der Waals surface area contributed by atoms with Crippen molar-refractivity contribution in [1.29, 1.82) is 0 Å². The van der Waals surface area contributed by atoms with Crippen molar-refractivity contribution in [1.82, 2.24) is 10.1 Å². The summed E-state index contributed by atoms with van der Waals surface area (Å²) in [6, 6.07) is 0.939. The van der Waals surface area contributed by atoms with E-state index in [0.29, 0.717) is 24.0 Å². The van der Waals surface area contributed by atoms with Gasteiger partial charge >= 0.3 is 6.01 Å². The first-order chi connectivity index (χ1) is 6.78. The van der Waals surface area contributed by atoms with Crippen LogP contribution in [0.15, 0.2) is 4.52 Å². The van der Waals surface area contributed by atoms with Gasteiger partial charge in [-0.15, -0.1) is 0 Å². The predicted octanol–water partition coefficient (Wildman–Crippen LogP) is 1.36. The Balaban J connectivity index is 1.74. The van der Waals surface area contributed by atoms with Crippen LogP contribution in [0, 0.1) is 6.92 Å². The molecule has 1 saturated carbocycles. The molecule has 0 radical (unpaired) electrons. The minimum atomic E-state index is 0.404. The number of aromatic nitrogens is 2. The maximum absolute atomic E-state index is 5.44. The van der Waals surface area contributed by atoms with Gasteiger partial charge in [0.2, 0.25) is 0 Å². The number of rotatable bonds is 4. The highest BCUT2D eigenvalue weighted by Crippen LogP contribution is 2.25. The lowest BCUT2D eigenvalue weighted by Crippen LogP contribution is -2.40. The van der Waals surface area contributed by atoms with E-state index in [2.05, 4.69) is 15.5 Å². The van der Waals surface area contributed by atoms with Gasteiger partial charge in [0, 0.05) is 12.6 Å². The minimum Gasteiger partial charge on any atom is -0.378 e. The van der Waals surface area contributed by atoms with E-state index in [1.165, 1.54) is 0 Å². The van der Waals surface area contributed by atoms with Crippen LogP contribution in [0.3, 0.4) is 0 Å². The highest BCUT2D eigenvalue weighted by atomic mass is 16.5. The molecule has 5 heteroatoms. The van der Waals surface area contributed by atoms with Crippen LogP contribution in [-0.2, 0) is 4.74 Å². The topological polar surface area (TPSA) is 60.2 Å². The number of hydrogen-bond acceptors (Lipinski definition) is 5. The van der Waals surface area contributed by atoms with Crippen LogP contribution < -0.4 is 5.32 Å². The Hall–Kier alpha value is -1.10. The van der Waals surface area contributed by atoms with E-state index in [4.69, 9.17) is 9.26 Å². The van der Waals surface area contributed by atoms with E-state index in [9.17, 15) is 0 Å². The molecule has 0 unspecified atom stereocenters. The predicted molar refractivity (Wildman–Crippen MR) is 51.1 cm³/mol. The van der Waals surface area contributed by atoms with Crippen molar-refractivity contribution < 1.29 is 9.26 Å². The van der Waals surface area contributed by atoms with Gasteiger partial charge in [0.25, 0.3) is 0 Å². The monoisotopic (exact) mass is 197 g/mol.